The van der Waals surface area contributed by atoms with Crippen LogP contribution >= 0.6 is 11.8 Å². The summed E-state index contributed by atoms with van der Waals surface area (Å²) in [5.41, 5.74) is 1.15. The largest absolute Gasteiger partial charge is 0.491 e. The van der Waals surface area contributed by atoms with E-state index in [1.54, 1.807) is 0 Å². The summed E-state index contributed by atoms with van der Waals surface area (Å²) in [7, 11) is 4.00. The van der Waals surface area contributed by atoms with Crippen LogP contribution in [0.2, 0.25) is 0 Å². The molecule has 28 heavy (non-hydrogen) atoms. The van der Waals surface area contributed by atoms with Gasteiger partial charge in [0.15, 0.2) is 11.8 Å². The van der Waals surface area contributed by atoms with Crippen molar-refractivity contribution in [1.29, 1.82) is 0 Å². The van der Waals surface area contributed by atoms with E-state index in [-0.39, 0.29) is 0 Å². The minimum atomic E-state index is 0.491. The maximum absolute atomic E-state index is 5.93. The first-order valence-corrected chi connectivity index (χ1v) is 10.9. The first-order valence-electron chi connectivity index (χ1n) is 9.54. The van der Waals surface area contributed by atoms with Gasteiger partial charge in [0, 0.05) is 20.6 Å². The van der Waals surface area contributed by atoms with Gasteiger partial charge in [0.1, 0.15) is 24.7 Å². The number of rotatable bonds is 10. The van der Waals surface area contributed by atoms with Crippen molar-refractivity contribution >= 4 is 17.7 Å². The molecule has 2 aromatic rings. The van der Waals surface area contributed by atoms with E-state index in [4.69, 9.17) is 9.73 Å². The highest BCUT2D eigenvalue weighted by Gasteiger charge is 2.09. The Morgan fingerprint density at radius 3 is 2.75 bits per heavy atom. The number of nitrogens with one attached hydrogen (secondary N) is 1. The number of para-hydroxylation sites is 1. The van der Waals surface area contributed by atoms with Crippen LogP contribution in [0.3, 0.4) is 0 Å². The van der Waals surface area contributed by atoms with Gasteiger partial charge >= 0.3 is 0 Å². The Morgan fingerprint density at radius 2 is 2.07 bits per heavy atom. The van der Waals surface area contributed by atoms with Gasteiger partial charge in [0.25, 0.3) is 0 Å². The molecule has 1 heterocycles. The van der Waals surface area contributed by atoms with Crippen molar-refractivity contribution in [3.8, 4) is 5.75 Å². The number of ether oxygens (including phenoxy) is 1. The highest BCUT2D eigenvalue weighted by molar-refractivity contribution is 7.98. The van der Waals surface area contributed by atoms with Crippen LogP contribution in [0.5, 0.6) is 5.75 Å². The fourth-order valence-corrected chi connectivity index (χ4v) is 3.01. The van der Waals surface area contributed by atoms with Crippen molar-refractivity contribution in [3.63, 3.8) is 0 Å². The molecule has 0 aliphatic rings. The lowest BCUT2D eigenvalue weighted by atomic mass is 10.2. The Kier molecular flexibility index (Phi) is 9.13. The normalized spacial score (nSPS) is 11.5. The minimum absolute atomic E-state index is 0.491. The molecule has 0 saturated carbocycles. The molecular weight excluding hydrogens is 372 g/mol. The summed E-state index contributed by atoms with van der Waals surface area (Å²) >= 11 is 1.85. The molecular formula is C20H32N6OS. The number of benzene rings is 1. The van der Waals surface area contributed by atoms with Crippen LogP contribution in [-0.2, 0) is 13.6 Å². The van der Waals surface area contributed by atoms with Crippen LogP contribution in [0.4, 0.5) is 0 Å². The Bertz CT molecular complexity index is 761. The van der Waals surface area contributed by atoms with Crippen LogP contribution in [0.25, 0.3) is 0 Å². The predicted octanol–water partition coefficient (Wildman–Crippen LogP) is 2.64. The first-order chi connectivity index (χ1) is 13.5. The van der Waals surface area contributed by atoms with E-state index in [1.807, 2.05) is 55.5 Å². The summed E-state index contributed by atoms with van der Waals surface area (Å²) in [6.45, 7) is 6.71. The zero-order chi connectivity index (χ0) is 20.4. The summed E-state index contributed by atoms with van der Waals surface area (Å²) < 4.78 is 7.90. The van der Waals surface area contributed by atoms with Crippen molar-refractivity contribution in [2.75, 3.05) is 38.8 Å². The van der Waals surface area contributed by atoms with Gasteiger partial charge in [-0.15, -0.1) is 10.2 Å². The van der Waals surface area contributed by atoms with Crippen LogP contribution in [0, 0.1) is 13.8 Å². The smallest absolute Gasteiger partial charge is 0.194 e. The Balaban J connectivity index is 1.95. The fraction of sp³-hybridized carbons (Fsp3) is 0.550. The van der Waals surface area contributed by atoms with Crippen LogP contribution in [-0.4, -0.2) is 64.4 Å². The molecule has 0 saturated heterocycles. The number of aliphatic imine (C=N–C) groups is 1. The number of aromatic nitrogens is 3. The molecule has 0 aliphatic heterocycles. The Labute approximate surface area is 172 Å². The summed E-state index contributed by atoms with van der Waals surface area (Å²) in [5.74, 6) is 4.65. The van der Waals surface area contributed by atoms with E-state index < -0.39 is 0 Å². The van der Waals surface area contributed by atoms with Crippen LogP contribution in [0.15, 0.2) is 29.3 Å². The molecule has 154 valence electrons. The van der Waals surface area contributed by atoms with Crippen LogP contribution < -0.4 is 10.1 Å². The lowest BCUT2D eigenvalue weighted by Gasteiger charge is -2.23. The second kappa shape index (κ2) is 11.6. The number of nitrogens with zero attached hydrogens (tertiary/aromatic N) is 5. The third kappa shape index (κ3) is 6.74. The number of likely N-dealkylation sites (N-methyl/N-ethyl adjacent to an activating group) is 1. The van der Waals surface area contributed by atoms with E-state index in [0.29, 0.717) is 13.2 Å². The second-order valence-electron chi connectivity index (χ2n) is 6.67. The molecule has 2 rings (SSSR count). The highest BCUT2D eigenvalue weighted by atomic mass is 32.2. The predicted molar refractivity (Wildman–Crippen MR) is 117 cm³/mol. The van der Waals surface area contributed by atoms with Gasteiger partial charge in [0.05, 0.1) is 6.54 Å². The average molecular weight is 405 g/mol. The van der Waals surface area contributed by atoms with Gasteiger partial charge in [-0.25, -0.2) is 4.99 Å². The minimum Gasteiger partial charge on any atom is -0.491 e. The summed E-state index contributed by atoms with van der Waals surface area (Å²) in [6.07, 6.45) is 3.22. The van der Waals surface area contributed by atoms with Crippen molar-refractivity contribution in [2.45, 2.75) is 26.8 Å². The Morgan fingerprint density at radius 1 is 1.29 bits per heavy atom. The topological polar surface area (TPSA) is 67.6 Å². The summed E-state index contributed by atoms with van der Waals surface area (Å²) in [6, 6.07) is 8.07. The zero-order valence-corrected chi connectivity index (χ0v) is 18.4. The number of hydrogen-bond acceptors (Lipinski definition) is 5. The molecule has 1 aromatic heterocycles. The molecule has 8 heteroatoms. The SMILES string of the molecule is CSCCCNC(=NCc1nnc(C)n1C)N(C)CCOc1ccccc1C. The third-order valence-electron chi connectivity index (χ3n) is 4.50. The van der Waals surface area contributed by atoms with Crippen molar-refractivity contribution < 1.29 is 4.74 Å². The highest BCUT2D eigenvalue weighted by Crippen LogP contribution is 2.15. The molecule has 0 spiro atoms. The molecule has 0 amide bonds. The molecule has 0 atom stereocenters. The summed E-state index contributed by atoms with van der Waals surface area (Å²) in [4.78, 5) is 6.85. The van der Waals surface area contributed by atoms with E-state index in [0.717, 1.165) is 54.2 Å². The lowest BCUT2D eigenvalue weighted by Crippen LogP contribution is -2.41. The van der Waals surface area contributed by atoms with E-state index in [2.05, 4.69) is 39.7 Å². The number of thioether (sulfide) groups is 1. The number of hydrogen-bond donors (Lipinski definition) is 1. The third-order valence-corrected chi connectivity index (χ3v) is 5.20. The monoisotopic (exact) mass is 404 g/mol. The van der Waals surface area contributed by atoms with Gasteiger partial charge < -0.3 is 19.5 Å². The molecule has 1 N–H and O–H groups in total. The maximum atomic E-state index is 5.93. The molecule has 1 aromatic carbocycles. The van der Waals surface area contributed by atoms with Gasteiger partial charge in [-0.2, -0.15) is 11.8 Å². The lowest BCUT2D eigenvalue weighted by molar-refractivity contribution is 0.279. The van der Waals surface area contributed by atoms with E-state index in [1.165, 1.54) is 0 Å². The Hall–Kier alpha value is -2.22. The summed E-state index contributed by atoms with van der Waals surface area (Å²) in [5, 5.41) is 11.8. The molecule has 7 nitrogen and oxygen atoms in total. The van der Waals surface area contributed by atoms with Gasteiger partial charge in [-0.1, -0.05) is 18.2 Å². The number of aryl methyl sites for hydroxylation is 2. The number of guanidine groups is 1. The second-order valence-corrected chi connectivity index (χ2v) is 7.66. The molecule has 0 fully saturated rings. The average Bonchev–Trinajstić information content (AvgIpc) is 3.01. The van der Waals surface area contributed by atoms with Gasteiger partial charge in [-0.3, -0.25) is 0 Å². The van der Waals surface area contributed by atoms with Gasteiger partial charge in [0.2, 0.25) is 0 Å². The standard InChI is InChI=1S/C20H32N6OS/c1-16-9-6-7-10-18(16)27-13-12-25(3)20(21-11-8-14-28-5)22-15-19-24-23-17(2)26(19)4/h6-7,9-10H,8,11-15H2,1-5H3,(H,21,22). The quantitative estimate of drug-likeness (QED) is 0.373. The van der Waals surface area contributed by atoms with E-state index in [9.17, 15) is 0 Å². The van der Waals surface area contributed by atoms with Crippen LogP contribution in [0.1, 0.15) is 23.6 Å². The van der Waals surface area contributed by atoms with Crippen molar-refractivity contribution in [1.82, 2.24) is 25.0 Å². The van der Waals surface area contributed by atoms with Crippen molar-refractivity contribution in [2.24, 2.45) is 12.0 Å². The maximum Gasteiger partial charge on any atom is 0.194 e. The first kappa shape index (κ1) is 22.1. The molecule has 0 aliphatic carbocycles. The van der Waals surface area contributed by atoms with Gasteiger partial charge in [-0.05, 0) is 43.9 Å². The zero-order valence-electron chi connectivity index (χ0n) is 17.6. The molecule has 0 bridgehead atoms. The van der Waals surface area contributed by atoms with E-state index >= 15 is 0 Å². The molecule has 0 radical (unpaired) electrons. The fourth-order valence-electron chi connectivity index (χ4n) is 2.58. The molecule has 0 unspecified atom stereocenters. The van der Waals surface area contributed by atoms with Crippen molar-refractivity contribution in [3.05, 3.63) is 41.5 Å².